The van der Waals surface area contributed by atoms with E-state index in [9.17, 15) is 9.59 Å². The number of hydrogen-bond donors (Lipinski definition) is 1. The Balaban J connectivity index is 3.09. The minimum Gasteiger partial charge on any atom is -0.481 e. The molecule has 0 amide bonds. The van der Waals surface area contributed by atoms with Crippen molar-refractivity contribution < 1.29 is 71.5 Å². The number of unbranched alkanes of at least 4 members (excludes halogenated alkanes) is 10. The van der Waals surface area contributed by atoms with Gasteiger partial charge in [-0.3, -0.25) is 9.59 Å². The second-order valence-corrected chi connectivity index (χ2v) is 12.7. The highest BCUT2D eigenvalue weighted by atomic mass is 16.6. The Morgan fingerprint density at radius 3 is 0.873 bits per heavy atom. The number of carboxylic acid groups (broad SMARTS) is 1. The number of carbonyl (C=O) groups is 2. The molecule has 55 heavy (non-hydrogen) atoms. The van der Waals surface area contributed by atoms with Crippen LogP contribution in [0.25, 0.3) is 0 Å². The van der Waals surface area contributed by atoms with Gasteiger partial charge in [-0.1, -0.05) is 64.7 Å². The molecule has 0 saturated heterocycles. The zero-order chi connectivity index (χ0) is 39.8. The van der Waals surface area contributed by atoms with Crippen LogP contribution in [-0.2, 0) is 66.4 Å². The van der Waals surface area contributed by atoms with Gasteiger partial charge in [0.15, 0.2) is 0 Å². The fraction of sp³-hybridized carbons (Fsp3) is 0.950. The average Bonchev–Trinajstić information content (AvgIpc) is 3.18. The van der Waals surface area contributed by atoms with Crippen molar-refractivity contribution in [3.63, 3.8) is 0 Å². The molecule has 0 atom stereocenters. The molecule has 15 nitrogen and oxygen atoms in total. The predicted octanol–water partition coefficient (Wildman–Crippen LogP) is 5.28. The van der Waals surface area contributed by atoms with Gasteiger partial charge in [0, 0.05) is 19.4 Å². The second kappa shape index (κ2) is 48.6. The first-order valence-corrected chi connectivity index (χ1v) is 20.9. The normalized spacial score (nSPS) is 11.4. The van der Waals surface area contributed by atoms with Gasteiger partial charge in [0.2, 0.25) is 0 Å². The van der Waals surface area contributed by atoms with Crippen LogP contribution >= 0.6 is 0 Å². The molecule has 0 spiro atoms. The minimum absolute atomic E-state index is 0.0607. The van der Waals surface area contributed by atoms with Gasteiger partial charge in [-0.15, -0.1) is 0 Å². The van der Waals surface area contributed by atoms with Gasteiger partial charge in [0.05, 0.1) is 139 Å². The summed E-state index contributed by atoms with van der Waals surface area (Å²) in [5, 5.41) is 8.56. The smallest absolute Gasteiger partial charge is 0.305 e. The first-order chi connectivity index (χ1) is 27.2. The third kappa shape index (κ3) is 50.5. The Morgan fingerprint density at radius 1 is 0.309 bits per heavy atom. The monoisotopic (exact) mass is 799 g/mol. The lowest BCUT2D eigenvalue weighted by molar-refractivity contribution is -0.146. The third-order valence-corrected chi connectivity index (χ3v) is 7.87. The van der Waals surface area contributed by atoms with Crippen molar-refractivity contribution in [1.29, 1.82) is 0 Å². The summed E-state index contributed by atoms with van der Waals surface area (Å²) in [6.45, 7) is 13.5. The summed E-state index contributed by atoms with van der Waals surface area (Å²) < 4.78 is 65.4. The highest BCUT2D eigenvalue weighted by Crippen LogP contribution is 2.10. The fourth-order valence-corrected chi connectivity index (χ4v) is 4.82. The number of carboxylic acids is 1. The number of hydrogen-bond acceptors (Lipinski definition) is 14. The maximum atomic E-state index is 11.5. The topological polar surface area (TPSA) is 165 Å². The van der Waals surface area contributed by atoms with E-state index < -0.39 is 5.97 Å². The van der Waals surface area contributed by atoms with E-state index in [0.29, 0.717) is 145 Å². The Labute approximate surface area is 331 Å². The molecule has 15 heteroatoms. The Kier molecular flexibility index (Phi) is 47.3. The zero-order valence-electron chi connectivity index (χ0n) is 34.3. The van der Waals surface area contributed by atoms with Crippen molar-refractivity contribution in [3.05, 3.63) is 0 Å². The molecule has 0 radical (unpaired) electrons. The second-order valence-electron chi connectivity index (χ2n) is 12.7. The largest absolute Gasteiger partial charge is 0.481 e. The van der Waals surface area contributed by atoms with Gasteiger partial charge in [0.25, 0.3) is 0 Å². The number of esters is 1. The Morgan fingerprint density at radius 2 is 0.564 bits per heavy atom. The molecule has 0 saturated carbocycles. The van der Waals surface area contributed by atoms with Crippen LogP contribution < -0.4 is 0 Å². The van der Waals surface area contributed by atoms with Crippen LogP contribution in [0, 0.1) is 0 Å². The van der Waals surface area contributed by atoms with Crippen LogP contribution in [0.1, 0.15) is 96.8 Å². The molecule has 0 aliphatic rings. The van der Waals surface area contributed by atoms with Crippen molar-refractivity contribution in [2.75, 3.05) is 152 Å². The summed E-state index contributed by atoms with van der Waals surface area (Å²) in [4.78, 5) is 21.9. The number of carbonyl (C=O) groups excluding carboxylic acids is 1. The number of aliphatic carboxylic acids is 1. The average molecular weight is 799 g/mol. The van der Waals surface area contributed by atoms with E-state index in [-0.39, 0.29) is 32.0 Å². The molecule has 0 unspecified atom stereocenters. The van der Waals surface area contributed by atoms with E-state index >= 15 is 0 Å². The molecule has 1 N–H and O–H groups in total. The standard InChI is InChI=1S/C40H78O15/c1-2-3-4-5-6-7-8-9-10-13-16-44-17-18-45-19-20-46-21-22-47-23-24-48-25-26-49-27-28-50-29-30-51-31-32-52-33-34-53-35-36-54-37-38-55-40(43)15-12-11-14-39(41)42/h2-38H2,1H3,(H,41,42). The van der Waals surface area contributed by atoms with Crippen LogP contribution in [0.2, 0.25) is 0 Å². The maximum Gasteiger partial charge on any atom is 0.305 e. The summed E-state index contributed by atoms with van der Waals surface area (Å²) in [5.74, 6) is -1.21. The molecule has 0 bridgehead atoms. The van der Waals surface area contributed by atoms with Crippen LogP contribution in [-0.4, -0.2) is 169 Å². The van der Waals surface area contributed by atoms with Crippen LogP contribution in [0.5, 0.6) is 0 Å². The van der Waals surface area contributed by atoms with E-state index in [1.54, 1.807) is 0 Å². The molecule has 0 aliphatic carbocycles. The van der Waals surface area contributed by atoms with E-state index in [1.807, 2.05) is 0 Å². The summed E-state index contributed by atoms with van der Waals surface area (Å²) in [5.41, 5.74) is 0. The molecule has 0 aromatic rings. The van der Waals surface area contributed by atoms with Crippen molar-refractivity contribution in [3.8, 4) is 0 Å². The highest BCUT2D eigenvalue weighted by Gasteiger charge is 2.04. The van der Waals surface area contributed by atoms with Gasteiger partial charge in [-0.2, -0.15) is 0 Å². The minimum atomic E-state index is -0.862. The van der Waals surface area contributed by atoms with Crippen LogP contribution in [0.15, 0.2) is 0 Å². The molecular formula is C40H78O15. The zero-order valence-corrected chi connectivity index (χ0v) is 34.3. The van der Waals surface area contributed by atoms with Gasteiger partial charge in [-0.05, 0) is 19.3 Å². The molecule has 0 aromatic heterocycles. The number of rotatable bonds is 49. The highest BCUT2D eigenvalue weighted by molar-refractivity contribution is 5.69. The van der Waals surface area contributed by atoms with Crippen LogP contribution in [0.4, 0.5) is 0 Å². The third-order valence-electron chi connectivity index (χ3n) is 7.87. The fourth-order valence-electron chi connectivity index (χ4n) is 4.82. The molecule has 0 fully saturated rings. The summed E-state index contributed by atoms with van der Waals surface area (Å²) in [6, 6.07) is 0. The van der Waals surface area contributed by atoms with Crippen molar-refractivity contribution >= 4 is 11.9 Å². The van der Waals surface area contributed by atoms with E-state index in [2.05, 4.69) is 6.92 Å². The van der Waals surface area contributed by atoms with E-state index in [4.69, 9.17) is 61.9 Å². The summed E-state index contributed by atoms with van der Waals surface area (Å²) >= 11 is 0. The van der Waals surface area contributed by atoms with Gasteiger partial charge in [0.1, 0.15) is 6.61 Å². The van der Waals surface area contributed by atoms with E-state index in [1.165, 1.54) is 57.8 Å². The predicted molar refractivity (Wildman–Crippen MR) is 208 cm³/mol. The van der Waals surface area contributed by atoms with E-state index in [0.717, 1.165) is 13.0 Å². The number of ether oxygens (including phenoxy) is 12. The molecule has 0 aliphatic heterocycles. The first-order valence-electron chi connectivity index (χ1n) is 20.9. The van der Waals surface area contributed by atoms with Crippen molar-refractivity contribution in [1.82, 2.24) is 0 Å². The molecule has 328 valence electrons. The molecule has 0 aromatic carbocycles. The molecule has 0 rings (SSSR count). The summed E-state index contributed by atoms with van der Waals surface area (Å²) in [7, 11) is 0. The molecular weight excluding hydrogens is 720 g/mol. The van der Waals surface area contributed by atoms with Gasteiger partial charge in [-0.25, -0.2) is 0 Å². The van der Waals surface area contributed by atoms with Crippen molar-refractivity contribution in [2.24, 2.45) is 0 Å². The van der Waals surface area contributed by atoms with Crippen molar-refractivity contribution in [2.45, 2.75) is 96.8 Å². The maximum absolute atomic E-state index is 11.5. The Bertz CT molecular complexity index is 762. The lowest BCUT2D eigenvalue weighted by Crippen LogP contribution is -2.15. The summed E-state index contributed by atoms with van der Waals surface area (Å²) in [6.07, 6.45) is 14.6. The lowest BCUT2D eigenvalue weighted by atomic mass is 10.1. The van der Waals surface area contributed by atoms with Gasteiger partial charge >= 0.3 is 11.9 Å². The lowest BCUT2D eigenvalue weighted by Gasteiger charge is -2.09. The Hall–Kier alpha value is -1.50. The quantitative estimate of drug-likeness (QED) is 0.0624. The van der Waals surface area contributed by atoms with Crippen LogP contribution in [0.3, 0.4) is 0 Å². The molecule has 0 heterocycles. The SMILES string of the molecule is CCCCCCCCCCCCOCCOCCOCCOCCOCCOCCOCCOCCOCCOCCOCCOC(=O)CCCCC(=O)O. The first kappa shape index (κ1) is 53.5. The van der Waals surface area contributed by atoms with Gasteiger partial charge < -0.3 is 61.9 Å².